The number of H-pyrrole nitrogens is 1. The van der Waals surface area contributed by atoms with Crippen molar-refractivity contribution in [2.75, 3.05) is 0 Å². The normalized spacial score (nSPS) is 14.8. The molecule has 0 bridgehead atoms. The van der Waals surface area contributed by atoms with E-state index in [1.807, 2.05) is 0 Å². The van der Waals surface area contributed by atoms with E-state index in [9.17, 15) is 19.5 Å². The molecular weight excluding hydrogens is 308 g/mol. The smallest absolute Gasteiger partial charge is 0.330 e. The Kier molecular flexibility index (Phi) is 4.20. The first kappa shape index (κ1) is 16.0. The predicted molar refractivity (Wildman–Crippen MR) is 87.1 cm³/mol. The van der Waals surface area contributed by atoms with Crippen LogP contribution in [0, 0.1) is 6.92 Å². The lowest BCUT2D eigenvalue weighted by Gasteiger charge is -2.16. The third-order valence-corrected chi connectivity index (χ3v) is 4.26. The van der Waals surface area contributed by atoms with Gasteiger partial charge in [0.25, 0.3) is 5.91 Å². The van der Waals surface area contributed by atoms with Crippen molar-refractivity contribution in [2.45, 2.75) is 32.2 Å². The molecular formula is C18H18N2O4. The van der Waals surface area contributed by atoms with Gasteiger partial charge in [0.05, 0.1) is 11.1 Å². The van der Waals surface area contributed by atoms with Gasteiger partial charge in [0.15, 0.2) is 11.8 Å². The molecule has 1 atom stereocenters. The summed E-state index contributed by atoms with van der Waals surface area (Å²) in [6.45, 7) is 1.72. The van der Waals surface area contributed by atoms with Crippen molar-refractivity contribution in [2.24, 2.45) is 0 Å². The zero-order valence-corrected chi connectivity index (χ0v) is 13.3. The second-order valence-electron chi connectivity index (χ2n) is 5.91. The van der Waals surface area contributed by atoms with Crippen LogP contribution in [0.25, 0.3) is 0 Å². The topological polar surface area (TPSA) is 99.3 Å². The molecule has 0 saturated carbocycles. The lowest BCUT2D eigenvalue weighted by Crippen LogP contribution is -2.34. The summed E-state index contributed by atoms with van der Waals surface area (Å²) in [4.78, 5) is 39.5. The zero-order chi connectivity index (χ0) is 17.3. The van der Waals surface area contributed by atoms with Crippen molar-refractivity contribution in [3.05, 3.63) is 58.4 Å². The fourth-order valence-corrected chi connectivity index (χ4v) is 3.16. The zero-order valence-electron chi connectivity index (χ0n) is 13.3. The Balaban J connectivity index is 1.94. The first-order chi connectivity index (χ1) is 11.5. The van der Waals surface area contributed by atoms with Crippen molar-refractivity contribution >= 4 is 17.7 Å². The second-order valence-corrected chi connectivity index (χ2v) is 5.91. The van der Waals surface area contributed by atoms with E-state index in [0.29, 0.717) is 23.2 Å². The average molecular weight is 326 g/mol. The standard InChI is InChI=1S/C18H18N2O4/c1-10-14(15-12(19-10)8-5-9-13(15)21)17(22)20-16(18(23)24)11-6-3-2-4-7-11/h2-4,6-7,16,19H,5,8-9H2,1H3,(H,20,22)(H,23,24)/t16-/m0/s1. The lowest BCUT2D eigenvalue weighted by molar-refractivity contribution is -0.139. The van der Waals surface area contributed by atoms with E-state index >= 15 is 0 Å². The Morgan fingerprint density at radius 3 is 2.58 bits per heavy atom. The number of hydrogen-bond donors (Lipinski definition) is 3. The Morgan fingerprint density at radius 1 is 1.21 bits per heavy atom. The average Bonchev–Trinajstić information content (AvgIpc) is 2.90. The van der Waals surface area contributed by atoms with Crippen LogP contribution in [-0.2, 0) is 11.2 Å². The molecule has 0 radical (unpaired) electrons. The minimum atomic E-state index is -1.16. The summed E-state index contributed by atoms with van der Waals surface area (Å²) in [5, 5.41) is 12.0. The van der Waals surface area contributed by atoms with E-state index in [1.54, 1.807) is 37.3 Å². The van der Waals surface area contributed by atoms with Crippen molar-refractivity contribution in [1.29, 1.82) is 0 Å². The van der Waals surface area contributed by atoms with E-state index < -0.39 is 17.9 Å². The van der Waals surface area contributed by atoms with E-state index in [0.717, 1.165) is 18.5 Å². The number of rotatable bonds is 4. The van der Waals surface area contributed by atoms with Crippen LogP contribution < -0.4 is 5.32 Å². The van der Waals surface area contributed by atoms with Gasteiger partial charge in [-0.15, -0.1) is 0 Å². The molecule has 1 aromatic heterocycles. The number of aryl methyl sites for hydroxylation is 2. The van der Waals surface area contributed by atoms with Gasteiger partial charge in [-0.05, 0) is 25.3 Å². The van der Waals surface area contributed by atoms with Gasteiger partial charge in [-0.3, -0.25) is 9.59 Å². The SMILES string of the molecule is Cc1[nH]c2c(c1C(=O)N[C@H](C(=O)O)c1ccccc1)C(=O)CCC2. The highest BCUT2D eigenvalue weighted by molar-refractivity contribution is 6.11. The summed E-state index contributed by atoms with van der Waals surface area (Å²) >= 11 is 0. The number of amides is 1. The van der Waals surface area contributed by atoms with Crippen LogP contribution in [0.4, 0.5) is 0 Å². The van der Waals surface area contributed by atoms with E-state index in [1.165, 1.54) is 0 Å². The molecule has 1 aliphatic carbocycles. The molecule has 3 rings (SSSR count). The number of fused-ring (bicyclic) bond motifs is 1. The fraction of sp³-hybridized carbons (Fsp3) is 0.278. The molecule has 1 aromatic carbocycles. The highest BCUT2D eigenvalue weighted by Gasteiger charge is 2.30. The molecule has 0 fully saturated rings. The van der Waals surface area contributed by atoms with Gasteiger partial charge in [-0.2, -0.15) is 0 Å². The summed E-state index contributed by atoms with van der Waals surface area (Å²) in [6, 6.07) is 7.32. The molecule has 0 spiro atoms. The Morgan fingerprint density at radius 2 is 1.92 bits per heavy atom. The maximum absolute atomic E-state index is 12.7. The van der Waals surface area contributed by atoms with Gasteiger partial charge in [0.1, 0.15) is 0 Å². The van der Waals surface area contributed by atoms with Crippen molar-refractivity contribution in [3.8, 4) is 0 Å². The molecule has 0 aliphatic heterocycles. The number of Topliss-reactive ketones (excluding diaryl/α,β-unsaturated/α-hetero) is 1. The largest absolute Gasteiger partial charge is 0.479 e. The first-order valence-corrected chi connectivity index (χ1v) is 7.82. The maximum Gasteiger partial charge on any atom is 0.330 e. The van der Waals surface area contributed by atoms with Crippen LogP contribution in [0.5, 0.6) is 0 Å². The Labute approximate surface area is 138 Å². The summed E-state index contributed by atoms with van der Waals surface area (Å²) in [5.74, 6) is -1.77. The third kappa shape index (κ3) is 2.82. The summed E-state index contributed by atoms with van der Waals surface area (Å²) in [6.07, 6.45) is 1.89. The molecule has 6 nitrogen and oxygen atoms in total. The molecule has 2 aromatic rings. The summed E-state index contributed by atoms with van der Waals surface area (Å²) in [5.41, 5.74) is 2.50. The Bertz CT molecular complexity index is 808. The number of aromatic nitrogens is 1. The van der Waals surface area contributed by atoms with Gasteiger partial charge in [0.2, 0.25) is 0 Å². The number of nitrogens with one attached hydrogen (secondary N) is 2. The van der Waals surface area contributed by atoms with Gasteiger partial charge in [-0.25, -0.2) is 4.79 Å². The molecule has 0 saturated heterocycles. The minimum Gasteiger partial charge on any atom is -0.479 e. The van der Waals surface area contributed by atoms with Crippen LogP contribution in [0.15, 0.2) is 30.3 Å². The van der Waals surface area contributed by atoms with Crippen LogP contribution >= 0.6 is 0 Å². The van der Waals surface area contributed by atoms with Gasteiger partial charge in [0, 0.05) is 17.8 Å². The highest BCUT2D eigenvalue weighted by Crippen LogP contribution is 2.27. The molecule has 0 unspecified atom stereocenters. The van der Waals surface area contributed by atoms with Gasteiger partial charge in [-0.1, -0.05) is 30.3 Å². The number of aliphatic carboxylic acids is 1. The van der Waals surface area contributed by atoms with Gasteiger partial charge < -0.3 is 15.4 Å². The van der Waals surface area contributed by atoms with Crippen LogP contribution in [0.1, 0.15) is 56.6 Å². The van der Waals surface area contributed by atoms with E-state index in [2.05, 4.69) is 10.3 Å². The molecule has 1 amide bonds. The number of aromatic amines is 1. The summed E-state index contributed by atoms with van der Waals surface area (Å²) in [7, 11) is 0. The molecule has 124 valence electrons. The number of benzene rings is 1. The highest BCUT2D eigenvalue weighted by atomic mass is 16.4. The van der Waals surface area contributed by atoms with Gasteiger partial charge >= 0.3 is 5.97 Å². The lowest BCUT2D eigenvalue weighted by atomic mass is 9.92. The number of hydrogen-bond acceptors (Lipinski definition) is 3. The number of carbonyl (C=O) groups excluding carboxylic acids is 2. The number of carbonyl (C=O) groups is 3. The second kappa shape index (κ2) is 6.31. The molecule has 1 heterocycles. The number of ketones is 1. The number of carboxylic acids is 1. The van der Waals surface area contributed by atoms with Crippen molar-refractivity contribution in [1.82, 2.24) is 10.3 Å². The minimum absolute atomic E-state index is 0.0719. The fourth-order valence-electron chi connectivity index (χ4n) is 3.16. The van der Waals surface area contributed by atoms with Crippen molar-refractivity contribution in [3.63, 3.8) is 0 Å². The quantitative estimate of drug-likeness (QED) is 0.803. The molecule has 6 heteroatoms. The van der Waals surface area contributed by atoms with Crippen LogP contribution in [0.3, 0.4) is 0 Å². The molecule has 1 aliphatic rings. The third-order valence-electron chi connectivity index (χ3n) is 4.26. The van der Waals surface area contributed by atoms with E-state index in [-0.39, 0.29) is 11.3 Å². The summed E-state index contributed by atoms with van der Waals surface area (Å²) < 4.78 is 0. The molecule has 24 heavy (non-hydrogen) atoms. The van der Waals surface area contributed by atoms with Crippen LogP contribution in [0.2, 0.25) is 0 Å². The monoisotopic (exact) mass is 326 g/mol. The molecule has 3 N–H and O–H groups in total. The van der Waals surface area contributed by atoms with Crippen molar-refractivity contribution < 1.29 is 19.5 Å². The number of carboxylic acid groups (broad SMARTS) is 1. The maximum atomic E-state index is 12.7. The van der Waals surface area contributed by atoms with Crippen LogP contribution in [-0.4, -0.2) is 27.8 Å². The van der Waals surface area contributed by atoms with E-state index in [4.69, 9.17) is 0 Å². The predicted octanol–water partition coefficient (Wildman–Crippen LogP) is 2.40. The first-order valence-electron chi connectivity index (χ1n) is 7.82. The Hall–Kier alpha value is -2.89.